The number of fused-ring (bicyclic) bond motifs is 8. The summed E-state index contributed by atoms with van der Waals surface area (Å²) in [5.41, 5.74) is 8.07. The minimum Gasteiger partial charge on any atom is -0.497 e. The van der Waals surface area contributed by atoms with Crippen LogP contribution in [0.3, 0.4) is 0 Å². The van der Waals surface area contributed by atoms with Crippen LogP contribution in [0.1, 0.15) is 41.7 Å². The second kappa shape index (κ2) is 13.5. The number of hydrogen-bond acceptors (Lipinski definition) is 6. The van der Waals surface area contributed by atoms with Crippen LogP contribution in [-0.4, -0.2) is 29.2 Å². The first-order valence-corrected chi connectivity index (χ1v) is 19.3. The lowest BCUT2D eigenvalue weighted by molar-refractivity contribution is 0.163. The molecular formula is C51H38FN3O3. The van der Waals surface area contributed by atoms with Gasteiger partial charge in [-0.3, -0.25) is 0 Å². The quantitative estimate of drug-likeness (QED) is 0.161. The van der Waals surface area contributed by atoms with Crippen molar-refractivity contribution in [1.82, 2.24) is 15.0 Å². The summed E-state index contributed by atoms with van der Waals surface area (Å²) in [5, 5.41) is 1.92. The van der Waals surface area contributed by atoms with E-state index in [1.807, 2.05) is 115 Å². The molecule has 10 rings (SSSR count). The van der Waals surface area contributed by atoms with Crippen molar-refractivity contribution in [2.75, 3.05) is 14.2 Å². The highest BCUT2D eigenvalue weighted by molar-refractivity contribution is 6.09. The molecule has 0 saturated carbocycles. The number of benzene rings is 7. The van der Waals surface area contributed by atoms with E-state index in [2.05, 4.69) is 44.2 Å². The van der Waals surface area contributed by atoms with Gasteiger partial charge in [0.2, 0.25) is 0 Å². The number of hydrogen-bond donors (Lipinski definition) is 0. The molecule has 6 nitrogen and oxygen atoms in total. The highest BCUT2D eigenvalue weighted by atomic mass is 19.1. The van der Waals surface area contributed by atoms with Crippen molar-refractivity contribution >= 4 is 16.8 Å². The minimum atomic E-state index is -1.05. The van der Waals surface area contributed by atoms with Gasteiger partial charge in [-0.1, -0.05) is 123 Å². The van der Waals surface area contributed by atoms with E-state index in [1.54, 1.807) is 26.4 Å². The molecule has 7 aromatic carbocycles. The molecule has 0 fully saturated rings. The van der Waals surface area contributed by atoms with E-state index in [0.717, 1.165) is 77.9 Å². The third kappa shape index (κ3) is 5.57. The zero-order chi connectivity index (χ0) is 39.6. The molecule has 58 heavy (non-hydrogen) atoms. The Morgan fingerprint density at radius 1 is 0.569 bits per heavy atom. The summed E-state index contributed by atoms with van der Waals surface area (Å²) in [4.78, 5) is 14.8. The summed E-state index contributed by atoms with van der Waals surface area (Å²) >= 11 is 0. The smallest absolute Gasteiger partial charge is 0.178 e. The molecule has 0 saturated heterocycles. The van der Waals surface area contributed by atoms with Gasteiger partial charge >= 0.3 is 0 Å². The first kappa shape index (κ1) is 35.3. The lowest BCUT2D eigenvalue weighted by Crippen LogP contribution is -2.35. The maximum atomic E-state index is 14.9. The third-order valence-corrected chi connectivity index (χ3v) is 11.6. The molecular weight excluding hydrogens is 722 g/mol. The lowest BCUT2D eigenvalue weighted by atomic mass is 9.76. The van der Waals surface area contributed by atoms with Gasteiger partial charge in [0.05, 0.1) is 14.2 Å². The van der Waals surface area contributed by atoms with Crippen molar-refractivity contribution in [3.8, 4) is 62.5 Å². The van der Waals surface area contributed by atoms with Crippen molar-refractivity contribution in [2.24, 2.45) is 0 Å². The molecule has 2 heterocycles. The Hall–Kier alpha value is -7.12. The van der Waals surface area contributed by atoms with E-state index in [-0.39, 0.29) is 5.82 Å². The zero-order valence-electron chi connectivity index (χ0n) is 32.5. The third-order valence-electron chi connectivity index (χ3n) is 11.6. The van der Waals surface area contributed by atoms with Gasteiger partial charge in [0.25, 0.3) is 0 Å². The van der Waals surface area contributed by atoms with Gasteiger partial charge in [-0.25, -0.2) is 19.3 Å². The second-order valence-electron chi connectivity index (χ2n) is 15.2. The topological polar surface area (TPSA) is 66.4 Å². The molecule has 282 valence electrons. The molecule has 0 bridgehead atoms. The summed E-state index contributed by atoms with van der Waals surface area (Å²) in [6, 6.07) is 47.4. The molecule has 1 aliphatic carbocycles. The van der Waals surface area contributed by atoms with Gasteiger partial charge in [-0.05, 0) is 76.2 Å². The van der Waals surface area contributed by atoms with Gasteiger partial charge in [0, 0.05) is 44.2 Å². The van der Waals surface area contributed by atoms with E-state index >= 15 is 0 Å². The SMILES string of the molecule is COc1ccc(C2(c3ccc(-c4nc(-c5ccccc5)nc(-c5ccccc5)n4)cc3)C=Cc3c4c(c5ccc(OC)cc5c3O2)-c2ccc(F)cc2C4(C)C)cc1. The number of nitrogens with zero attached hydrogens (tertiary/aromatic N) is 3. The molecule has 0 radical (unpaired) electrons. The largest absolute Gasteiger partial charge is 0.497 e. The predicted octanol–water partition coefficient (Wildman–Crippen LogP) is 11.8. The van der Waals surface area contributed by atoms with Crippen LogP contribution in [-0.2, 0) is 11.0 Å². The first-order valence-electron chi connectivity index (χ1n) is 19.3. The number of aromatic nitrogens is 3. The fourth-order valence-corrected chi connectivity index (χ4v) is 8.68. The van der Waals surface area contributed by atoms with Crippen molar-refractivity contribution in [3.05, 3.63) is 185 Å². The van der Waals surface area contributed by atoms with E-state index in [9.17, 15) is 4.39 Å². The van der Waals surface area contributed by atoms with Gasteiger partial charge in [0.15, 0.2) is 23.1 Å². The highest BCUT2D eigenvalue weighted by Gasteiger charge is 2.44. The van der Waals surface area contributed by atoms with Crippen LogP contribution in [0.15, 0.2) is 152 Å². The molecule has 1 aliphatic heterocycles. The summed E-state index contributed by atoms with van der Waals surface area (Å²) in [6.45, 7) is 4.33. The molecule has 7 heteroatoms. The van der Waals surface area contributed by atoms with Crippen LogP contribution in [0.2, 0.25) is 0 Å². The number of halogens is 1. The Morgan fingerprint density at radius 3 is 1.71 bits per heavy atom. The summed E-state index contributed by atoms with van der Waals surface area (Å²) in [7, 11) is 3.33. The number of ether oxygens (including phenoxy) is 3. The Balaban J connectivity index is 1.16. The fourth-order valence-electron chi connectivity index (χ4n) is 8.68. The van der Waals surface area contributed by atoms with Crippen LogP contribution in [0.4, 0.5) is 4.39 Å². The van der Waals surface area contributed by atoms with Crippen LogP contribution in [0.25, 0.3) is 62.1 Å². The summed E-state index contributed by atoms with van der Waals surface area (Å²) < 4.78 is 33.7. The summed E-state index contributed by atoms with van der Waals surface area (Å²) in [6.07, 6.45) is 4.32. The van der Waals surface area contributed by atoms with E-state index < -0.39 is 11.0 Å². The van der Waals surface area contributed by atoms with Crippen molar-refractivity contribution in [3.63, 3.8) is 0 Å². The number of rotatable bonds is 7. The average Bonchev–Trinajstić information content (AvgIpc) is 3.52. The fraction of sp³-hybridized carbons (Fsp3) is 0.118. The van der Waals surface area contributed by atoms with Crippen molar-refractivity contribution in [2.45, 2.75) is 24.9 Å². The van der Waals surface area contributed by atoms with Crippen molar-refractivity contribution in [1.29, 1.82) is 0 Å². The molecule has 0 amide bonds. The molecule has 1 unspecified atom stereocenters. The molecule has 1 atom stereocenters. The van der Waals surface area contributed by atoms with Gasteiger partial charge in [-0.15, -0.1) is 0 Å². The maximum absolute atomic E-state index is 14.9. The number of methoxy groups -OCH3 is 2. The predicted molar refractivity (Wildman–Crippen MR) is 228 cm³/mol. The first-order chi connectivity index (χ1) is 28.3. The van der Waals surface area contributed by atoms with Crippen LogP contribution in [0, 0.1) is 5.82 Å². The van der Waals surface area contributed by atoms with E-state index in [1.165, 1.54) is 0 Å². The lowest BCUT2D eigenvalue weighted by Gasteiger charge is -2.38. The van der Waals surface area contributed by atoms with Crippen LogP contribution >= 0.6 is 0 Å². The Morgan fingerprint density at radius 2 is 1.12 bits per heavy atom. The minimum absolute atomic E-state index is 0.252. The van der Waals surface area contributed by atoms with E-state index in [0.29, 0.717) is 23.2 Å². The normalized spacial score (nSPS) is 15.9. The Labute approximate surface area is 336 Å². The molecule has 2 aliphatic rings. The molecule has 0 N–H and O–H groups in total. The maximum Gasteiger partial charge on any atom is 0.178 e. The van der Waals surface area contributed by atoms with E-state index in [4.69, 9.17) is 29.2 Å². The molecule has 8 aromatic rings. The monoisotopic (exact) mass is 759 g/mol. The van der Waals surface area contributed by atoms with Gasteiger partial charge in [-0.2, -0.15) is 0 Å². The standard InChI is InChI=1S/C51H38FN3O3/c1-50(2)43-29-36(52)21-25-40(43)44-39-26-24-38(57-4)30-42(39)46-41(45(44)50)27-28-51(58-46,35-19-22-37(56-3)23-20-35)34-17-15-33(16-18-34)49-54-47(31-11-7-5-8-12-31)53-48(55-49)32-13-9-6-10-14-32/h5-30H,1-4H3. The summed E-state index contributed by atoms with van der Waals surface area (Å²) in [5.74, 6) is 3.70. The Bertz CT molecular complexity index is 2850. The van der Waals surface area contributed by atoms with Crippen LogP contribution < -0.4 is 14.2 Å². The zero-order valence-corrected chi connectivity index (χ0v) is 32.5. The highest BCUT2D eigenvalue weighted by Crippen LogP contribution is 2.58. The Kier molecular flexibility index (Phi) is 8.23. The van der Waals surface area contributed by atoms with Crippen LogP contribution in [0.5, 0.6) is 17.2 Å². The molecule has 1 aromatic heterocycles. The van der Waals surface area contributed by atoms with Gasteiger partial charge in [0.1, 0.15) is 23.1 Å². The molecule has 0 spiro atoms. The van der Waals surface area contributed by atoms with Crippen molar-refractivity contribution < 1.29 is 18.6 Å². The van der Waals surface area contributed by atoms with Gasteiger partial charge < -0.3 is 14.2 Å². The second-order valence-corrected chi connectivity index (χ2v) is 15.2. The average molecular weight is 760 g/mol.